The molecule has 0 spiro atoms. The number of halogens is 2. The van der Waals surface area contributed by atoms with Gasteiger partial charge in [0.2, 0.25) is 0 Å². The van der Waals surface area contributed by atoms with Gasteiger partial charge < -0.3 is 5.11 Å². The molecule has 1 aromatic carbocycles. The number of aromatic nitrogens is 1. The van der Waals surface area contributed by atoms with Crippen LogP contribution in [0.3, 0.4) is 0 Å². The monoisotopic (exact) mass is 281 g/mol. The molecule has 2 rings (SSSR count). The Kier molecular flexibility index (Phi) is 4.23. The van der Waals surface area contributed by atoms with E-state index in [1.807, 2.05) is 31.2 Å². The minimum atomic E-state index is -0.679. The molecule has 0 amide bonds. The first-order valence-electron chi connectivity index (χ1n) is 5.62. The molecule has 1 N–H and O–H groups in total. The first-order valence-corrected chi connectivity index (χ1v) is 6.37. The second kappa shape index (κ2) is 5.70. The normalized spacial score (nSPS) is 12.4. The predicted molar refractivity (Wildman–Crippen MR) is 74.1 cm³/mol. The highest BCUT2D eigenvalue weighted by Crippen LogP contribution is 2.29. The number of pyridine rings is 1. The van der Waals surface area contributed by atoms with Gasteiger partial charge in [0.05, 0.1) is 15.7 Å². The van der Waals surface area contributed by atoms with Crippen molar-refractivity contribution in [2.45, 2.75) is 19.4 Å². The van der Waals surface area contributed by atoms with Crippen molar-refractivity contribution < 1.29 is 5.11 Å². The van der Waals surface area contributed by atoms with Crippen LogP contribution in [0.1, 0.15) is 22.9 Å². The molecule has 1 unspecified atom stereocenters. The summed E-state index contributed by atoms with van der Waals surface area (Å²) in [5.74, 6) is 0. The standard InChI is InChI=1S/C14H13Cl2NO/c1-9-4-3-7-17-14(9)12(18)8-10-5-2-6-11(15)13(10)16/h2-7,12,18H,8H2,1H3. The number of rotatable bonds is 3. The van der Waals surface area contributed by atoms with Crippen molar-refractivity contribution in [1.82, 2.24) is 4.98 Å². The maximum Gasteiger partial charge on any atom is 0.100 e. The lowest BCUT2D eigenvalue weighted by Crippen LogP contribution is -2.06. The van der Waals surface area contributed by atoms with E-state index >= 15 is 0 Å². The van der Waals surface area contributed by atoms with E-state index in [4.69, 9.17) is 23.2 Å². The number of aliphatic hydroxyl groups is 1. The molecule has 1 heterocycles. The largest absolute Gasteiger partial charge is 0.386 e. The van der Waals surface area contributed by atoms with Crippen LogP contribution < -0.4 is 0 Å². The third-order valence-electron chi connectivity index (χ3n) is 2.81. The molecule has 18 heavy (non-hydrogen) atoms. The molecule has 94 valence electrons. The Balaban J connectivity index is 2.24. The summed E-state index contributed by atoms with van der Waals surface area (Å²) in [4.78, 5) is 4.20. The van der Waals surface area contributed by atoms with Crippen LogP contribution in [0.25, 0.3) is 0 Å². The molecule has 0 aliphatic carbocycles. The second-order valence-electron chi connectivity index (χ2n) is 4.14. The second-order valence-corrected chi connectivity index (χ2v) is 4.92. The minimum absolute atomic E-state index is 0.400. The van der Waals surface area contributed by atoms with Crippen LogP contribution >= 0.6 is 23.2 Å². The minimum Gasteiger partial charge on any atom is -0.386 e. The lowest BCUT2D eigenvalue weighted by atomic mass is 10.0. The molecule has 0 saturated heterocycles. The van der Waals surface area contributed by atoms with Gasteiger partial charge in [0.15, 0.2) is 0 Å². The fraction of sp³-hybridized carbons (Fsp3) is 0.214. The van der Waals surface area contributed by atoms with Crippen molar-refractivity contribution in [3.8, 4) is 0 Å². The van der Waals surface area contributed by atoms with Crippen LogP contribution in [0, 0.1) is 6.92 Å². The quantitative estimate of drug-likeness (QED) is 0.923. The van der Waals surface area contributed by atoms with E-state index in [2.05, 4.69) is 4.98 Å². The summed E-state index contributed by atoms with van der Waals surface area (Å²) in [5.41, 5.74) is 2.46. The van der Waals surface area contributed by atoms with E-state index in [0.717, 1.165) is 11.1 Å². The molecule has 0 aliphatic heterocycles. The highest BCUT2D eigenvalue weighted by molar-refractivity contribution is 6.42. The van der Waals surface area contributed by atoms with Crippen molar-refractivity contribution in [1.29, 1.82) is 0 Å². The Bertz CT molecular complexity index is 557. The van der Waals surface area contributed by atoms with Crippen molar-refractivity contribution in [3.05, 3.63) is 63.4 Å². The van der Waals surface area contributed by atoms with E-state index < -0.39 is 6.10 Å². The number of benzene rings is 1. The van der Waals surface area contributed by atoms with Gasteiger partial charge in [0, 0.05) is 12.6 Å². The third kappa shape index (κ3) is 2.83. The lowest BCUT2D eigenvalue weighted by molar-refractivity contribution is 0.173. The molecule has 1 atom stereocenters. The maximum absolute atomic E-state index is 10.2. The summed E-state index contributed by atoms with van der Waals surface area (Å²) >= 11 is 12.0. The summed E-state index contributed by atoms with van der Waals surface area (Å²) in [7, 11) is 0. The lowest BCUT2D eigenvalue weighted by Gasteiger charge is -2.13. The zero-order valence-electron chi connectivity index (χ0n) is 9.90. The molecule has 0 bridgehead atoms. The van der Waals surface area contributed by atoms with Gasteiger partial charge in [-0.05, 0) is 30.2 Å². The van der Waals surface area contributed by atoms with Gasteiger partial charge in [-0.2, -0.15) is 0 Å². The van der Waals surface area contributed by atoms with Gasteiger partial charge >= 0.3 is 0 Å². The number of aliphatic hydroxyl groups excluding tert-OH is 1. The van der Waals surface area contributed by atoms with Gasteiger partial charge in [0.25, 0.3) is 0 Å². The molecule has 1 aromatic heterocycles. The Morgan fingerprint density at radius 3 is 2.72 bits per heavy atom. The van der Waals surface area contributed by atoms with Crippen molar-refractivity contribution in [2.75, 3.05) is 0 Å². The molecular weight excluding hydrogens is 269 g/mol. The van der Waals surface area contributed by atoms with Crippen LogP contribution in [0.5, 0.6) is 0 Å². The van der Waals surface area contributed by atoms with Crippen molar-refractivity contribution in [2.24, 2.45) is 0 Å². The summed E-state index contributed by atoms with van der Waals surface area (Å²) in [5, 5.41) is 11.2. The fourth-order valence-electron chi connectivity index (χ4n) is 1.86. The molecule has 0 aliphatic rings. The van der Waals surface area contributed by atoms with Gasteiger partial charge in [-0.25, -0.2) is 0 Å². The smallest absolute Gasteiger partial charge is 0.100 e. The van der Waals surface area contributed by atoms with Gasteiger partial charge in [-0.15, -0.1) is 0 Å². The number of nitrogens with zero attached hydrogens (tertiary/aromatic N) is 1. The third-order valence-corrected chi connectivity index (χ3v) is 3.67. The Morgan fingerprint density at radius 1 is 1.22 bits per heavy atom. The van der Waals surface area contributed by atoms with E-state index in [1.54, 1.807) is 12.3 Å². The van der Waals surface area contributed by atoms with E-state index in [1.165, 1.54) is 0 Å². The first-order chi connectivity index (χ1) is 8.59. The zero-order valence-corrected chi connectivity index (χ0v) is 11.4. The summed E-state index contributed by atoms with van der Waals surface area (Å²) in [6.07, 6.45) is 1.39. The summed E-state index contributed by atoms with van der Waals surface area (Å²) < 4.78 is 0. The average molecular weight is 282 g/mol. The highest BCUT2D eigenvalue weighted by atomic mass is 35.5. The van der Waals surface area contributed by atoms with Gasteiger partial charge in [-0.1, -0.05) is 41.4 Å². The molecule has 0 radical (unpaired) electrons. The number of hydrogen-bond donors (Lipinski definition) is 1. The van der Waals surface area contributed by atoms with Crippen molar-refractivity contribution >= 4 is 23.2 Å². The zero-order chi connectivity index (χ0) is 13.1. The Hall–Kier alpha value is -1.09. The van der Waals surface area contributed by atoms with Gasteiger partial charge in [-0.3, -0.25) is 4.98 Å². The molecule has 4 heteroatoms. The van der Waals surface area contributed by atoms with Crippen LogP contribution in [-0.2, 0) is 6.42 Å². The Labute approximate surface area is 116 Å². The van der Waals surface area contributed by atoms with Crippen LogP contribution in [0.15, 0.2) is 36.5 Å². The summed E-state index contributed by atoms with van der Waals surface area (Å²) in [6.45, 7) is 1.92. The van der Waals surface area contributed by atoms with Crippen LogP contribution in [0.4, 0.5) is 0 Å². The highest BCUT2D eigenvalue weighted by Gasteiger charge is 2.15. The average Bonchev–Trinajstić information content (AvgIpc) is 2.35. The maximum atomic E-state index is 10.2. The summed E-state index contributed by atoms with van der Waals surface area (Å²) in [6, 6.07) is 9.17. The van der Waals surface area contributed by atoms with Gasteiger partial charge in [0.1, 0.15) is 6.10 Å². The molecule has 0 saturated carbocycles. The van der Waals surface area contributed by atoms with Crippen LogP contribution in [-0.4, -0.2) is 10.1 Å². The van der Waals surface area contributed by atoms with E-state index in [0.29, 0.717) is 22.2 Å². The fourth-order valence-corrected chi connectivity index (χ4v) is 2.26. The molecule has 2 aromatic rings. The SMILES string of the molecule is Cc1cccnc1C(O)Cc1cccc(Cl)c1Cl. The molecular formula is C14H13Cl2NO. The Morgan fingerprint density at radius 2 is 2.00 bits per heavy atom. The van der Waals surface area contributed by atoms with E-state index in [9.17, 15) is 5.11 Å². The molecule has 0 fully saturated rings. The topological polar surface area (TPSA) is 33.1 Å². The molecule has 2 nitrogen and oxygen atoms in total. The van der Waals surface area contributed by atoms with Crippen molar-refractivity contribution in [3.63, 3.8) is 0 Å². The number of hydrogen-bond acceptors (Lipinski definition) is 2. The van der Waals surface area contributed by atoms with Crippen LogP contribution in [0.2, 0.25) is 10.0 Å². The first kappa shape index (κ1) is 13.3. The predicted octanol–water partition coefficient (Wildman–Crippen LogP) is 3.97. The van der Waals surface area contributed by atoms with E-state index in [-0.39, 0.29) is 0 Å². The number of aryl methyl sites for hydroxylation is 1.